The summed E-state index contributed by atoms with van der Waals surface area (Å²) >= 11 is 1.98. The van der Waals surface area contributed by atoms with Crippen LogP contribution in [0.15, 0.2) is 0 Å². The number of carboxylic acid groups (broad SMARTS) is 1. The van der Waals surface area contributed by atoms with Crippen LogP contribution in [-0.2, 0) is 9.59 Å². The molecule has 4 nitrogen and oxygen atoms in total. The summed E-state index contributed by atoms with van der Waals surface area (Å²) in [6, 6.07) is 0. The number of nitrogens with one attached hydrogen (secondary N) is 1. The van der Waals surface area contributed by atoms with Gasteiger partial charge >= 0.3 is 5.97 Å². The third kappa shape index (κ3) is 3.90. The van der Waals surface area contributed by atoms with E-state index >= 15 is 0 Å². The first kappa shape index (κ1) is 15.7. The first-order chi connectivity index (χ1) is 9.61. The van der Waals surface area contributed by atoms with E-state index in [4.69, 9.17) is 0 Å². The van der Waals surface area contributed by atoms with Crippen LogP contribution in [0.5, 0.6) is 0 Å². The smallest absolute Gasteiger partial charge is 0.307 e. The summed E-state index contributed by atoms with van der Waals surface area (Å²) in [5, 5.41) is 12.3. The highest BCUT2D eigenvalue weighted by molar-refractivity contribution is 7.99. The molecular weight excluding hydrogens is 274 g/mol. The zero-order valence-electron chi connectivity index (χ0n) is 12.1. The van der Waals surface area contributed by atoms with E-state index in [0.717, 1.165) is 32.2 Å². The first-order valence-electron chi connectivity index (χ1n) is 7.70. The maximum Gasteiger partial charge on any atom is 0.307 e. The van der Waals surface area contributed by atoms with Crippen molar-refractivity contribution in [2.75, 3.05) is 18.1 Å². The third-order valence-electron chi connectivity index (χ3n) is 4.80. The quantitative estimate of drug-likeness (QED) is 0.818. The molecule has 0 aromatic carbocycles. The van der Waals surface area contributed by atoms with Gasteiger partial charge in [-0.15, -0.1) is 0 Å². The summed E-state index contributed by atoms with van der Waals surface area (Å²) in [6.45, 7) is 2.79. The summed E-state index contributed by atoms with van der Waals surface area (Å²) in [5.74, 6) is 1.67. The molecule has 1 unspecified atom stereocenters. The fourth-order valence-corrected chi connectivity index (χ4v) is 4.57. The van der Waals surface area contributed by atoms with Gasteiger partial charge in [0.2, 0.25) is 5.91 Å². The van der Waals surface area contributed by atoms with Gasteiger partial charge in [-0.3, -0.25) is 9.59 Å². The lowest BCUT2D eigenvalue weighted by molar-refractivity contribution is -0.146. The van der Waals surface area contributed by atoms with Crippen molar-refractivity contribution >= 4 is 23.6 Å². The second kappa shape index (κ2) is 7.34. The Hall–Kier alpha value is -0.710. The Bertz CT molecular complexity index is 355. The molecule has 20 heavy (non-hydrogen) atoms. The summed E-state index contributed by atoms with van der Waals surface area (Å²) in [5.41, 5.74) is 0. The maximum absolute atomic E-state index is 12.3. The maximum atomic E-state index is 12.3. The minimum atomic E-state index is -0.810. The zero-order valence-corrected chi connectivity index (χ0v) is 13.0. The van der Waals surface area contributed by atoms with Gasteiger partial charge in [0.15, 0.2) is 0 Å². The van der Waals surface area contributed by atoms with Crippen LogP contribution in [0.4, 0.5) is 0 Å². The van der Waals surface area contributed by atoms with E-state index < -0.39 is 11.9 Å². The Morgan fingerprint density at radius 3 is 2.40 bits per heavy atom. The van der Waals surface area contributed by atoms with Gasteiger partial charge in [-0.2, -0.15) is 11.8 Å². The van der Waals surface area contributed by atoms with Crippen molar-refractivity contribution in [3.63, 3.8) is 0 Å². The molecular formula is C15H25NO3S. The van der Waals surface area contributed by atoms with E-state index in [1.165, 1.54) is 11.5 Å². The third-order valence-corrected chi connectivity index (χ3v) is 5.85. The molecule has 1 amide bonds. The van der Waals surface area contributed by atoms with Crippen molar-refractivity contribution in [3.05, 3.63) is 0 Å². The predicted octanol–water partition coefficient (Wildman–Crippen LogP) is 2.38. The Kier molecular flexibility index (Phi) is 5.75. The van der Waals surface area contributed by atoms with Crippen LogP contribution < -0.4 is 5.32 Å². The van der Waals surface area contributed by atoms with Gasteiger partial charge in [0, 0.05) is 6.54 Å². The summed E-state index contributed by atoms with van der Waals surface area (Å²) in [6.07, 6.45) is 4.68. The van der Waals surface area contributed by atoms with E-state index in [-0.39, 0.29) is 11.8 Å². The summed E-state index contributed by atoms with van der Waals surface area (Å²) < 4.78 is 0. The molecule has 1 saturated heterocycles. The van der Waals surface area contributed by atoms with Crippen LogP contribution in [0.25, 0.3) is 0 Å². The topological polar surface area (TPSA) is 66.4 Å². The molecule has 5 heteroatoms. The molecule has 2 aliphatic rings. The number of amides is 1. The number of carbonyl (C=O) groups is 2. The van der Waals surface area contributed by atoms with E-state index in [9.17, 15) is 14.7 Å². The minimum Gasteiger partial charge on any atom is -0.481 e. The molecule has 114 valence electrons. The number of rotatable bonds is 5. The van der Waals surface area contributed by atoms with Gasteiger partial charge in [0.1, 0.15) is 0 Å². The molecule has 0 aromatic rings. The Morgan fingerprint density at radius 1 is 1.15 bits per heavy atom. The number of carbonyl (C=O) groups excluding carboxylic acids is 1. The van der Waals surface area contributed by atoms with Gasteiger partial charge in [-0.1, -0.05) is 13.3 Å². The monoisotopic (exact) mass is 299 g/mol. The molecule has 0 bridgehead atoms. The average Bonchev–Trinajstić information content (AvgIpc) is 2.90. The van der Waals surface area contributed by atoms with Gasteiger partial charge in [-0.05, 0) is 49.0 Å². The summed E-state index contributed by atoms with van der Waals surface area (Å²) in [7, 11) is 0. The first-order valence-corrected chi connectivity index (χ1v) is 8.85. The highest BCUT2D eigenvalue weighted by Gasteiger charge is 2.42. The SMILES string of the molecule is CCC1C[C@H](C(=O)NCC2CCSCC2)[C@H](C(=O)O)C1. The summed E-state index contributed by atoms with van der Waals surface area (Å²) in [4.78, 5) is 23.6. The van der Waals surface area contributed by atoms with Gasteiger partial charge in [0.05, 0.1) is 11.8 Å². The molecule has 1 aliphatic carbocycles. The largest absolute Gasteiger partial charge is 0.481 e. The van der Waals surface area contributed by atoms with Crippen molar-refractivity contribution < 1.29 is 14.7 Å². The molecule has 1 heterocycles. The fraction of sp³-hybridized carbons (Fsp3) is 0.867. The van der Waals surface area contributed by atoms with Crippen LogP contribution in [0.1, 0.15) is 39.0 Å². The van der Waals surface area contributed by atoms with E-state index in [1.54, 1.807) is 0 Å². The second-order valence-electron chi connectivity index (χ2n) is 6.10. The minimum absolute atomic E-state index is 0.0356. The molecule has 0 aromatic heterocycles. The van der Waals surface area contributed by atoms with Crippen LogP contribution >= 0.6 is 11.8 Å². The van der Waals surface area contributed by atoms with Crippen LogP contribution in [0.3, 0.4) is 0 Å². The Labute approximate surface area is 125 Å². The predicted molar refractivity (Wildman–Crippen MR) is 80.7 cm³/mol. The van der Waals surface area contributed by atoms with Gasteiger partial charge in [-0.25, -0.2) is 0 Å². The molecule has 2 N–H and O–H groups in total. The van der Waals surface area contributed by atoms with Crippen molar-refractivity contribution in [3.8, 4) is 0 Å². The average molecular weight is 299 g/mol. The number of aliphatic carboxylic acids is 1. The van der Waals surface area contributed by atoms with Gasteiger partial charge < -0.3 is 10.4 Å². The highest BCUT2D eigenvalue weighted by Crippen LogP contribution is 2.38. The zero-order chi connectivity index (χ0) is 14.5. The number of carboxylic acids is 1. The molecule has 2 fully saturated rings. The van der Waals surface area contributed by atoms with Gasteiger partial charge in [0.25, 0.3) is 0 Å². The molecule has 0 spiro atoms. The normalized spacial score (nSPS) is 31.1. The highest BCUT2D eigenvalue weighted by atomic mass is 32.2. The van der Waals surface area contributed by atoms with E-state index in [0.29, 0.717) is 18.3 Å². The molecule has 3 atom stereocenters. The standard InChI is InChI=1S/C15H25NO3S/c1-2-10-7-12(13(8-10)15(18)19)14(17)16-9-11-3-5-20-6-4-11/h10-13H,2-9H2,1H3,(H,16,17)(H,18,19)/t10?,12-,13+/m0/s1. The van der Waals surface area contributed by atoms with Crippen molar-refractivity contribution in [2.45, 2.75) is 39.0 Å². The molecule has 2 rings (SSSR count). The molecule has 1 saturated carbocycles. The number of hydrogen-bond acceptors (Lipinski definition) is 3. The van der Waals surface area contributed by atoms with E-state index in [2.05, 4.69) is 12.2 Å². The van der Waals surface area contributed by atoms with Crippen molar-refractivity contribution in [2.24, 2.45) is 23.7 Å². The van der Waals surface area contributed by atoms with Crippen molar-refractivity contribution in [1.82, 2.24) is 5.32 Å². The molecule has 0 radical (unpaired) electrons. The number of hydrogen-bond donors (Lipinski definition) is 2. The lowest BCUT2D eigenvalue weighted by Crippen LogP contribution is -2.38. The second-order valence-corrected chi connectivity index (χ2v) is 7.32. The van der Waals surface area contributed by atoms with Crippen LogP contribution in [0.2, 0.25) is 0 Å². The van der Waals surface area contributed by atoms with Crippen LogP contribution in [0, 0.1) is 23.7 Å². The Balaban J connectivity index is 1.85. The lowest BCUT2D eigenvalue weighted by atomic mass is 9.95. The number of thioether (sulfide) groups is 1. The Morgan fingerprint density at radius 2 is 1.80 bits per heavy atom. The fourth-order valence-electron chi connectivity index (χ4n) is 3.37. The van der Waals surface area contributed by atoms with Crippen LogP contribution in [-0.4, -0.2) is 35.0 Å². The lowest BCUT2D eigenvalue weighted by Gasteiger charge is -2.23. The van der Waals surface area contributed by atoms with Crippen molar-refractivity contribution in [1.29, 1.82) is 0 Å². The van der Waals surface area contributed by atoms with E-state index in [1.807, 2.05) is 11.8 Å². The molecule has 1 aliphatic heterocycles.